The normalized spacial score (nSPS) is 27.8. The first-order valence-electron chi connectivity index (χ1n) is 12.9. The van der Waals surface area contributed by atoms with Gasteiger partial charge in [0, 0.05) is 70.8 Å². The van der Waals surface area contributed by atoms with Crippen LogP contribution in [0.3, 0.4) is 0 Å². The van der Waals surface area contributed by atoms with Crippen molar-refractivity contribution >= 4 is 55.1 Å². The van der Waals surface area contributed by atoms with E-state index in [1.165, 1.54) is 11.3 Å². The number of nitrogens with zero attached hydrogens (tertiary/aromatic N) is 4. The number of aromatic nitrogens is 1. The van der Waals surface area contributed by atoms with E-state index in [-0.39, 0.29) is 17.7 Å². The third kappa shape index (κ3) is 7.00. The van der Waals surface area contributed by atoms with Crippen LogP contribution in [0.25, 0.3) is 0 Å². The molecule has 1 N–H and O–H groups in total. The minimum absolute atomic E-state index is 0.203. The Hall–Kier alpha value is -1.22. The molecule has 1 aromatic heterocycles. The van der Waals surface area contributed by atoms with Crippen molar-refractivity contribution in [2.24, 2.45) is 17.0 Å². The van der Waals surface area contributed by atoms with Gasteiger partial charge in [-0.25, -0.2) is 0 Å². The second kappa shape index (κ2) is 13.0. The summed E-state index contributed by atoms with van der Waals surface area (Å²) in [6, 6.07) is 2.23. The van der Waals surface area contributed by atoms with Crippen LogP contribution in [-0.4, -0.2) is 64.3 Å². The summed E-state index contributed by atoms with van der Waals surface area (Å²) in [6.45, 7) is 5.81. The molecule has 1 aliphatic carbocycles. The van der Waals surface area contributed by atoms with Crippen molar-refractivity contribution in [3.05, 3.63) is 49.7 Å². The predicted octanol–water partition coefficient (Wildman–Crippen LogP) is 6.47. The first-order chi connectivity index (χ1) is 17.4. The summed E-state index contributed by atoms with van der Waals surface area (Å²) >= 11 is 14.0. The fraction of sp³-hybridized carbons (Fsp3) is 0.593. The van der Waals surface area contributed by atoms with Crippen LogP contribution in [0.1, 0.15) is 62.6 Å². The number of oxime groups is 1. The number of rotatable bonds is 3. The van der Waals surface area contributed by atoms with E-state index in [0.717, 1.165) is 90.8 Å². The van der Waals surface area contributed by atoms with Crippen molar-refractivity contribution < 1.29 is 10.0 Å². The third-order valence-corrected chi connectivity index (χ3v) is 9.50. The number of carbonyl (C=O) groups is 1. The molecular formula is C27H35Br2ClN4O2. The SMILES string of the molecule is CC1/C(Br)=C\C(Cl)=C/CCCc2cc(Br)cnc2[C@@H]1C1CCN(C(=O)CN2CCC(=NO)CC2)CC1. The Morgan fingerprint density at radius 2 is 1.92 bits per heavy atom. The van der Waals surface area contributed by atoms with E-state index in [9.17, 15) is 4.79 Å². The molecule has 9 heteroatoms. The fourth-order valence-corrected chi connectivity index (χ4v) is 7.02. The molecular weight excluding hydrogens is 608 g/mol. The van der Waals surface area contributed by atoms with Crippen LogP contribution >= 0.6 is 43.5 Å². The first kappa shape index (κ1) is 27.8. The molecule has 196 valence electrons. The second-order valence-electron chi connectivity index (χ2n) is 10.2. The summed E-state index contributed by atoms with van der Waals surface area (Å²) in [6.07, 6.45) is 12.4. The summed E-state index contributed by atoms with van der Waals surface area (Å²) in [5, 5.41) is 13.1. The lowest BCUT2D eigenvalue weighted by molar-refractivity contribution is -0.134. The van der Waals surface area contributed by atoms with E-state index < -0.39 is 0 Å². The summed E-state index contributed by atoms with van der Waals surface area (Å²) in [4.78, 5) is 22.2. The van der Waals surface area contributed by atoms with Crippen molar-refractivity contribution in [1.82, 2.24) is 14.8 Å². The van der Waals surface area contributed by atoms with Crippen LogP contribution in [0.15, 0.2) is 43.6 Å². The average molecular weight is 643 g/mol. The van der Waals surface area contributed by atoms with Gasteiger partial charge < -0.3 is 10.1 Å². The highest BCUT2D eigenvalue weighted by atomic mass is 79.9. The monoisotopic (exact) mass is 640 g/mol. The summed E-state index contributed by atoms with van der Waals surface area (Å²) in [7, 11) is 0. The van der Waals surface area contributed by atoms with Gasteiger partial charge in [0.15, 0.2) is 0 Å². The van der Waals surface area contributed by atoms with Gasteiger partial charge >= 0.3 is 0 Å². The highest BCUT2D eigenvalue weighted by molar-refractivity contribution is 9.11. The van der Waals surface area contributed by atoms with Crippen molar-refractivity contribution in [3.63, 3.8) is 0 Å². The van der Waals surface area contributed by atoms with Gasteiger partial charge in [-0.2, -0.15) is 0 Å². The van der Waals surface area contributed by atoms with E-state index in [1.54, 1.807) is 0 Å². The standard InChI is InChI=1S/C27H35Br2ClN4O2/c1-18-24(29)15-22(30)5-3-2-4-20-14-21(28)16-31-27(20)26(18)19-6-12-34(13-7-19)25(35)17-33-10-8-23(32-36)9-11-33/h5,14-16,18-19,26,36H,2-4,6-13,17H2,1H3/b22-5+,24-15+/t18?,26-/m0/s1. The molecule has 6 nitrogen and oxygen atoms in total. The molecule has 36 heavy (non-hydrogen) atoms. The first-order valence-corrected chi connectivity index (χ1v) is 14.9. The van der Waals surface area contributed by atoms with Gasteiger partial charge in [-0.05, 0) is 77.6 Å². The Morgan fingerprint density at radius 1 is 1.19 bits per heavy atom. The van der Waals surface area contributed by atoms with Crippen molar-refractivity contribution in [2.45, 2.75) is 57.8 Å². The zero-order valence-electron chi connectivity index (χ0n) is 20.8. The number of fused-ring (bicyclic) bond motifs is 1. The number of carbonyl (C=O) groups excluding carboxylic acids is 1. The molecule has 0 saturated carbocycles. The van der Waals surface area contributed by atoms with Crippen LogP contribution in [0.4, 0.5) is 0 Å². The maximum atomic E-state index is 13.1. The topological polar surface area (TPSA) is 69.0 Å². The van der Waals surface area contributed by atoms with E-state index in [4.69, 9.17) is 21.8 Å². The molecule has 2 atom stereocenters. The molecule has 2 fully saturated rings. The lowest BCUT2D eigenvalue weighted by Crippen LogP contribution is -2.47. The van der Waals surface area contributed by atoms with Crippen LogP contribution < -0.4 is 0 Å². The zero-order valence-corrected chi connectivity index (χ0v) is 24.7. The smallest absolute Gasteiger partial charge is 0.236 e. The molecule has 3 aliphatic rings. The Morgan fingerprint density at radius 3 is 2.61 bits per heavy atom. The van der Waals surface area contributed by atoms with Gasteiger partial charge in [-0.15, -0.1) is 0 Å². The van der Waals surface area contributed by atoms with Gasteiger partial charge in [-0.3, -0.25) is 14.7 Å². The molecule has 4 rings (SSSR count). The molecule has 3 heterocycles. The van der Waals surface area contributed by atoms with Gasteiger partial charge in [0.05, 0.1) is 12.3 Å². The number of aryl methyl sites for hydroxylation is 1. The van der Waals surface area contributed by atoms with Gasteiger partial charge in [0.1, 0.15) is 0 Å². The minimum atomic E-state index is 0.203. The average Bonchev–Trinajstić information content (AvgIpc) is 2.89. The second-order valence-corrected chi connectivity index (χ2v) is 12.5. The molecule has 0 aromatic carbocycles. The van der Waals surface area contributed by atoms with Crippen LogP contribution in [0.2, 0.25) is 0 Å². The Kier molecular flexibility index (Phi) is 10.1. The largest absolute Gasteiger partial charge is 0.411 e. The molecule has 2 aliphatic heterocycles. The van der Waals surface area contributed by atoms with Crippen molar-refractivity contribution in [2.75, 3.05) is 32.7 Å². The van der Waals surface area contributed by atoms with E-state index >= 15 is 0 Å². The van der Waals surface area contributed by atoms with Gasteiger partial charge in [0.2, 0.25) is 5.91 Å². The number of hydrogen-bond acceptors (Lipinski definition) is 5. The highest BCUT2D eigenvalue weighted by Crippen LogP contribution is 2.44. The molecule has 0 spiro atoms. The van der Waals surface area contributed by atoms with Crippen LogP contribution in [0.5, 0.6) is 0 Å². The van der Waals surface area contributed by atoms with Crippen LogP contribution in [-0.2, 0) is 11.2 Å². The maximum Gasteiger partial charge on any atom is 0.236 e. The van der Waals surface area contributed by atoms with Crippen molar-refractivity contribution in [3.8, 4) is 0 Å². The van der Waals surface area contributed by atoms with Gasteiger partial charge in [0.25, 0.3) is 0 Å². The molecule has 1 unspecified atom stereocenters. The molecule has 1 aromatic rings. The van der Waals surface area contributed by atoms with E-state index in [0.29, 0.717) is 12.5 Å². The zero-order chi connectivity index (χ0) is 25.7. The Bertz CT molecular complexity index is 1030. The number of likely N-dealkylation sites (tertiary alicyclic amines) is 2. The molecule has 2 saturated heterocycles. The summed E-state index contributed by atoms with van der Waals surface area (Å²) < 4.78 is 2.11. The summed E-state index contributed by atoms with van der Waals surface area (Å²) in [5.74, 6) is 1.10. The molecule has 0 bridgehead atoms. The van der Waals surface area contributed by atoms with Crippen molar-refractivity contribution in [1.29, 1.82) is 0 Å². The molecule has 1 amide bonds. The third-order valence-electron chi connectivity index (χ3n) is 7.86. The predicted molar refractivity (Wildman–Crippen MR) is 152 cm³/mol. The van der Waals surface area contributed by atoms with Crippen LogP contribution in [0, 0.1) is 11.8 Å². The Balaban J connectivity index is 1.48. The number of hydrogen-bond donors (Lipinski definition) is 1. The van der Waals surface area contributed by atoms with E-state index in [2.05, 4.69) is 61.0 Å². The number of pyridine rings is 1. The maximum absolute atomic E-state index is 13.1. The number of amides is 1. The van der Waals surface area contributed by atoms with Gasteiger partial charge in [-0.1, -0.05) is 45.7 Å². The number of allylic oxidation sites excluding steroid dienone is 4. The fourth-order valence-electron chi connectivity index (χ4n) is 5.76. The lowest BCUT2D eigenvalue weighted by Gasteiger charge is -2.39. The highest BCUT2D eigenvalue weighted by Gasteiger charge is 2.36. The molecule has 0 radical (unpaired) electrons. The lowest BCUT2D eigenvalue weighted by atomic mass is 9.73. The number of halogens is 3. The minimum Gasteiger partial charge on any atom is -0.411 e. The number of piperidine rings is 2. The Labute approximate surface area is 236 Å². The summed E-state index contributed by atoms with van der Waals surface area (Å²) in [5.41, 5.74) is 3.32. The quantitative estimate of drug-likeness (QED) is 0.303. The van der Waals surface area contributed by atoms with E-state index in [1.807, 2.05) is 17.2 Å².